The van der Waals surface area contributed by atoms with Crippen LogP contribution in [0.5, 0.6) is 0 Å². The molecule has 25 heavy (non-hydrogen) atoms. The molecule has 1 saturated heterocycles. The molecule has 1 aliphatic rings. The number of hydrogen-bond donors (Lipinski definition) is 2. The number of hydrogen-bond acceptors (Lipinski definition) is 0. The van der Waals surface area contributed by atoms with E-state index in [2.05, 4.69) is 73.7 Å². The molecule has 0 unspecified atom stereocenters. The van der Waals surface area contributed by atoms with Crippen LogP contribution in [0.15, 0.2) is 66.7 Å². The summed E-state index contributed by atoms with van der Waals surface area (Å²) in [6.07, 6.45) is 0. The topological polar surface area (TPSA) is 8.88 Å². The molecule has 3 aromatic carbocycles. The molecule has 0 aromatic heterocycles. The lowest BCUT2D eigenvalue weighted by atomic mass is 10.0. The van der Waals surface area contributed by atoms with Gasteiger partial charge >= 0.3 is 0 Å². The molecule has 2 nitrogen and oxygen atoms in total. The zero-order chi connectivity index (χ0) is 17.1. The smallest absolute Gasteiger partial charge is 0.127 e. The molecule has 3 aromatic rings. The van der Waals surface area contributed by atoms with Gasteiger partial charge in [-0.05, 0) is 17.7 Å². The zero-order valence-electron chi connectivity index (χ0n) is 15.1. The Morgan fingerprint density at radius 3 is 2.08 bits per heavy atom. The Kier molecular flexibility index (Phi) is 4.82. The van der Waals surface area contributed by atoms with E-state index in [1.165, 1.54) is 60.2 Å². The fraction of sp³-hybridized carbons (Fsp3) is 0.304. The predicted octanol–water partition coefficient (Wildman–Crippen LogP) is 1.63. The minimum Gasteiger partial charge on any atom is -0.322 e. The normalized spacial score (nSPS) is 20.7. The SMILES string of the molecule is Cc1ccc(C[NH+]2CC[NH+](Cc3cccc4ccccc34)CC2)cc1. The summed E-state index contributed by atoms with van der Waals surface area (Å²) in [6.45, 7) is 9.56. The standard InChI is InChI=1S/C23H26N2/c1-19-9-11-20(12-10-19)17-24-13-15-25(16-14-24)18-22-7-4-6-21-5-2-3-8-23(21)22/h2-12H,13-18H2,1H3/p+2. The average Bonchev–Trinajstić information content (AvgIpc) is 2.65. The van der Waals surface area contributed by atoms with Crippen molar-refractivity contribution in [1.29, 1.82) is 0 Å². The van der Waals surface area contributed by atoms with Crippen molar-refractivity contribution in [3.8, 4) is 0 Å². The molecule has 0 radical (unpaired) electrons. The van der Waals surface area contributed by atoms with Crippen LogP contribution in [0.4, 0.5) is 0 Å². The van der Waals surface area contributed by atoms with E-state index in [1.54, 1.807) is 9.80 Å². The van der Waals surface area contributed by atoms with Crippen LogP contribution in [0.25, 0.3) is 10.8 Å². The summed E-state index contributed by atoms with van der Waals surface area (Å²) in [5.41, 5.74) is 4.32. The Labute approximate surface area is 150 Å². The minimum absolute atomic E-state index is 1.15. The summed E-state index contributed by atoms with van der Waals surface area (Å²) >= 11 is 0. The predicted molar refractivity (Wildman–Crippen MR) is 104 cm³/mol. The number of piperazine rings is 1. The average molecular weight is 332 g/mol. The molecule has 0 saturated carbocycles. The molecule has 128 valence electrons. The van der Waals surface area contributed by atoms with Crippen LogP contribution in [-0.2, 0) is 13.1 Å². The molecule has 1 heterocycles. The highest BCUT2D eigenvalue weighted by Gasteiger charge is 2.23. The summed E-state index contributed by atoms with van der Waals surface area (Å²) in [4.78, 5) is 3.45. The second-order valence-electron chi connectivity index (χ2n) is 7.48. The molecule has 0 bridgehead atoms. The first-order chi connectivity index (χ1) is 12.3. The lowest BCUT2D eigenvalue weighted by Gasteiger charge is -2.30. The van der Waals surface area contributed by atoms with Crippen LogP contribution in [0.2, 0.25) is 0 Å². The van der Waals surface area contributed by atoms with E-state index in [4.69, 9.17) is 0 Å². The lowest BCUT2D eigenvalue weighted by molar-refractivity contribution is -1.02. The van der Waals surface area contributed by atoms with Crippen molar-refractivity contribution in [2.75, 3.05) is 26.2 Å². The number of nitrogens with one attached hydrogen (secondary N) is 2. The van der Waals surface area contributed by atoms with Gasteiger partial charge in [-0.25, -0.2) is 0 Å². The van der Waals surface area contributed by atoms with Gasteiger partial charge in [0.25, 0.3) is 0 Å². The van der Waals surface area contributed by atoms with E-state index >= 15 is 0 Å². The van der Waals surface area contributed by atoms with Gasteiger partial charge in [-0.2, -0.15) is 0 Å². The fourth-order valence-electron chi connectivity index (χ4n) is 4.02. The van der Waals surface area contributed by atoms with Gasteiger partial charge in [0.15, 0.2) is 0 Å². The molecular weight excluding hydrogens is 304 g/mol. The van der Waals surface area contributed by atoms with Crippen LogP contribution in [0.3, 0.4) is 0 Å². The molecule has 0 atom stereocenters. The van der Waals surface area contributed by atoms with Gasteiger partial charge in [-0.15, -0.1) is 0 Å². The first kappa shape index (κ1) is 16.3. The third-order valence-electron chi connectivity index (χ3n) is 5.56. The van der Waals surface area contributed by atoms with Gasteiger partial charge in [-0.3, -0.25) is 0 Å². The highest BCUT2D eigenvalue weighted by molar-refractivity contribution is 5.85. The van der Waals surface area contributed by atoms with Crippen molar-refractivity contribution in [3.05, 3.63) is 83.4 Å². The van der Waals surface area contributed by atoms with Crippen molar-refractivity contribution < 1.29 is 9.80 Å². The van der Waals surface area contributed by atoms with Crippen molar-refractivity contribution in [1.82, 2.24) is 0 Å². The van der Waals surface area contributed by atoms with E-state index < -0.39 is 0 Å². The number of quaternary nitrogens is 2. The number of benzene rings is 3. The van der Waals surface area contributed by atoms with E-state index in [0.717, 1.165) is 6.54 Å². The monoisotopic (exact) mass is 332 g/mol. The van der Waals surface area contributed by atoms with Crippen molar-refractivity contribution >= 4 is 10.8 Å². The van der Waals surface area contributed by atoms with Gasteiger partial charge in [0.1, 0.15) is 39.3 Å². The summed E-state index contributed by atoms with van der Waals surface area (Å²) in [6, 6.07) is 24.6. The van der Waals surface area contributed by atoms with Crippen molar-refractivity contribution in [2.24, 2.45) is 0 Å². The van der Waals surface area contributed by atoms with Gasteiger partial charge in [-0.1, -0.05) is 72.3 Å². The summed E-state index contributed by atoms with van der Waals surface area (Å²) in [5, 5.41) is 2.79. The van der Waals surface area contributed by atoms with Crippen molar-refractivity contribution in [2.45, 2.75) is 20.0 Å². The third kappa shape index (κ3) is 3.92. The Bertz CT molecular complexity index is 825. The molecule has 1 fully saturated rings. The Balaban J connectivity index is 1.36. The highest BCUT2D eigenvalue weighted by atomic mass is 15.3. The molecule has 2 N–H and O–H groups in total. The molecule has 0 amide bonds. The maximum absolute atomic E-state index is 2.31. The van der Waals surface area contributed by atoms with Crippen molar-refractivity contribution in [3.63, 3.8) is 0 Å². The van der Waals surface area contributed by atoms with Crippen LogP contribution < -0.4 is 9.80 Å². The minimum atomic E-state index is 1.15. The molecule has 0 spiro atoms. The maximum atomic E-state index is 2.31. The highest BCUT2D eigenvalue weighted by Crippen LogP contribution is 2.17. The van der Waals surface area contributed by atoms with Crippen LogP contribution in [-0.4, -0.2) is 26.2 Å². The third-order valence-corrected chi connectivity index (χ3v) is 5.56. The first-order valence-corrected chi connectivity index (χ1v) is 9.47. The summed E-state index contributed by atoms with van der Waals surface area (Å²) in [7, 11) is 0. The Hall–Kier alpha value is -2.16. The van der Waals surface area contributed by atoms with Crippen LogP contribution >= 0.6 is 0 Å². The van der Waals surface area contributed by atoms with Crippen LogP contribution in [0, 0.1) is 6.92 Å². The molecule has 2 heteroatoms. The maximum Gasteiger partial charge on any atom is 0.127 e. The van der Waals surface area contributed by atoms with Gasteiger partial charge in [0.2, 0.25) is 0 Å². The van der Waals surface area contributed by atoms with Gasteiger partial charge in [0, 0.05) is 11.1 Å². The van der Waals surface area contributed by atoms with E-state index in [9.17, 15) is 0 Å². The molecule has 4 rings (SSSR count). The van der Waals surface area contributed by atoms with E-state index in [1.807, 2.05) is 0 Å². The zero-order valence-corrected chi connectivity index (χ0v) is 15.1. The molecule has 0 aliphatic carbocycles. The second-order valence-corrected chi connectivity index (χ2v) is 7.48. The number of rotatable bonds is 4. The molecular formula is C23H28N2+2. The van der Waals surface area contributed by atoms with Gasteiger partial charge < -0.3 is 9.80 Å². The fourth-order valence-corrected chi connectivity index (χ4v) is 4.02. The largest absolute Gasteiger partial charge is 0.322 e. The Morgan fingerprint density at radius 1 is 0.680 bits per heavy atom. The Morgan fingerprint density at radius 2 is 1.32 bits per heavy atom. The summed E-state index contributed by atoms with van der Waals surface area (Å²) in [5.74, 6) is 0. The quantitative estimate of drug-likeness (QED) is 0.719. The number of fused-ring (bicyclic) bond motifs is 1. The summed E-state index contributed by atoms with van der Waals surface area (Å²) < 4.78 is 0. The van der Waals surface area contributed by atoms with E-state index in [0.29, 0.717) is 0 Å². The number of aryl methyl sites for hydroxylation is 1. The first-order valence-electron chi connectivity index (χ1n) is 9.47. The molecule has 1 aliphatic heterocycles. The van der Waals surface area contributed by atoms with E-state index in [-0.39, 0.29) is 0 Å². The van der Waals surface area contributed by atoms with Crippen LogP contribution in [0.1, 0.15) is 16.7 Å². The second kappa shape index (κ2) is 7.38. The van der Waals surface area contributed by atoms with Gasteiger partial charge in [0.05, 0.1) is 0 Å². The lowest BCUT2D eigenvalue weighted by Crippen LogP contribution is -3.27.